The SMILES string of the molecule is c1ccc(-c2cc(N(c3ccc(-c4ccccc4-n4c5ccccc5c5ccccc54)cc3)c3ccc(-c4ccc5ccccc5c4)c(-c4ccccc4)c3)ccc2-c2ccc3ccccc3c2)cc1. The van der Waals surface area contributed by atoms with Crippen LogP contribution in [0, 0.1) is 0 Å². The molecule has 0 saturated heterocycles. The van der Waals surface area contributed by atoms with Gasteiger partial charge in [-0.05, 0) is 138 Å². The van der Waals surface area contributed by atoms with Gasteiger partial charge in [0.25, 0.3) is 0 Å². The van der Waals surface area contributed by atoms with Crippen molar-refractivity contribution in [3.05, 3.63) is 279 Å². The van der Waals surface area contributed by atoms with E-state index >= 15 is 0 Å². The maximum absolute atomic E-state index is 2.43. The second-order valence-electron chi connectivity index (χ2n) is 18.1. The number of benzene rings is 12. The number of aromatic nitrogens is 1. The van der Waals surface area contributed by atoms with Crippen molar-refractivity contribution in [2.45, 2.75) is 0 Å². The van der Waals surface area contributed by atoms with Crippen LogP contribution in [0.4, 0.5) is 17.1 Å². The molecule has 1 heterocycles. The Kier molecular flexibility index (Phi) is 10.2. The molecule has 2 nitrogen and oxygen atoms in total. The molecule has 70 heavy (non-hydrogen) atoms. The number of rotatable bonds is 9. The number of para-hydroxylation sites is 3. The third-order valence-electron chi connectivity index (χ3n) is 14.0. The Morgan fingerprint density at radius 1 is 0.229 bits per heavy atom. The van der Waals surface area contributed by atoms with Crippen LogP contribution >= 0.6 is 0 Å². The summed E-state index contributed by atoms with van der Waals surface area (Å²) in [6, 6.07) is 102. The molecule has 0 aliphatic heterocycles. The van der Waals surface area contributed by atoms with E-state index in [4.69, 9.17) is 0 Å². The number of fused-ring (bicyclic) bond motifs is 5. The highest BCUT2D eigenvalue weighted by molar-refractivity contribution is 6.10. The first kappa shape index (κ1) is 41.0. The van der Waals surface area contributed by atoms with Crippen molar-refractivity contribution >= 4 is 60.4 Å². The third kappa shape index (κ3) is 7.31. The van der Waals surface area contributed by atoms with Crippen molar-refractivity contribution < 1.29 is 0 Å². The Balaban J connectivity index is 0.999. The molecule has 13 aromatic rings. The molecular formula is C68H46N2. The van der Waals surface area contributed by atoms with Gasteiger partial charge in [-0.25, -0.2) is 0 Å². The molecule has 0 N–H and O–H groups in total. The molecule has 0 saturated carbocycles. The summed E-state index contributed by atoms with van der Waals surface area (Å²) in [5.41, 5.74) is 18.5. The molecule has 0 bridgehead atoms. The lowest BCUT2D eigenvalue weighted by Crippen LogP contribution is -2.11. The second-order valence-corrected chi connectivity index (χ2v) is 18.1. The smallest absolute Gasteiger partial charge is 0.0541 e. The minimum absolute atomic E-state index is 1.06. The van der Waals surface area contributed by atoms with Crippen molar-refractivity contribution in [3.8, 4) is 61.3 Å². The van der Waals surface area contributed by atoms with E-state index in [1.165, 1.54) is 93.4 Å². The predicted octanol–water partition coefficient (Wildman–Crippen LogP) is 18.9. The highest BCUT2D eigenvalue weighted by Gasteiger charge is 2.21. The lowest BCUT2D eigenvalue weighted by Gasteiger charge is -2.28. The van der Waals surface area contributed by atoms with Crippen LogP contribution in [0.25, 0.3) is 105 Å². The van der Waals surface area contributed by atoms with Gasteiger partial charge in [0.15, 0.2) is 0 Å². The van der Waals surface area contributed by atoms with Crippen LogP contribution in [0.3, 0.4) is 0 Å². The van der Waals surface area contributed by atoms with Gasteiger partial charge in [0.05, 0.1) is 16.7 Å². The van der Waals surface area contributed by atoms with E-state index in [0.717, 1.165) is 28.3 Å². The Morgan fingerprint density at radius 3 is 1.16 bits per heavy atom. The highest BCUT2D eigenvalue weighted by Crippen LogP contribution is 2.45. The summed E-state index contributed by atoms with van der Waals surface area (Å²) in [5, 5.41) is 7.42. The van der Waals surface area contributed by atoms with Gasteiger partial charge in [-0.15, -0.1) is 0 Å². The fourth-order valence-electron chi connectivity index (χ4n) is 10.6. The number of hydrogen-bond donors (Lipinski definition) is 0. The van der Waals surface area contributed by atoms with Crippen molar-refractivity contribution in [1.82, 2.24) is 4.57 Å². The van der Waals surface area contributed by atoms with Crippen LogP contribution in [0.5, 0.6) is 0 Å². The van der Waals surface area contributed by atoms with E-state index in [1.54, 1.807) is 0 Å². The summed E-state index contributed by atoms with van der Waals surface area (Å²) in [6.07, 6.45) is 0. The molecule has 12 aromatic carbocycles. The Morgan fingerprint density at radius 2 is 0.629 bits per heavy atom. The summed E-state index contributed by atoms with van der Waals surface area (Å²) >= 11 is 0. The van der Waals surface area contributed by atoms with E-state index in [2.05, 4.69) is 289 Å². The first-order chi connectivity index (χ1) is 34.7. The monoisotopic (exact) mass is 890 g/mol. The lowest BCUT2D eigenvalue weighted by molar-refractivity contribution is 1.18. The minimum atomic E-state index is 1.06. The molecule has 0 radical (unpaired) electrons. The zero-order chi connectivity index (χ0) is 46.4. The molecule has 0 atom stereocenters. The van der Waals surface area contributed by atoms with Crippen molar-refractivity contribution in [2.75, 3.05) is 4.90 Å². The molecule has 2 heteroatoms. The van der Waals surface area contributed by atoms with Gasteiger partial charge in [0.2, 0.25) is 0 Å². The summed E-state index contributed by atoms with van der Waals surface area (Å²) in [6.45, 7) is 0. The Labute approximate surface area is 408 Å². The molecular weight excluding hydrogens is 845 g/mol. The molecule has 13 rings (SSSR count). The molecule has 0 unspecified atom stereocenters. The topological polar surface area (TPSA) is 8.17 Å². The van der Waals surface area contributed by atoms with E-state index in [0.29, 0.717) is 0 Å². The molecule has 0 fully saturated rings. The van der Waals surface area contributed by atoms with Gasteiger partial charge in [0, 0.05) is 33.4 Å². The van der Waals surface area contributed by atoms with Crippen LogP contribution in [0.1, 0.15) is 0 Å². The quantitative estimate of drug-likeness (QED) is 0.140. The minimum Gasteiger partial charge on any atom is -0.310 e. The Hall–Kier alpha value is -9.24. The second kappa shape index (κ2) is 17.4. The third-order valence-corrected chi connectivity index (χ3v) is 14.0. The summed E-state index contributed by atoms with van der Waals surface area (Å²) in [5.74, 6) is 0. The van der Waals surface area contributed by atoms with Crippen molar-refractivity contribution in [2.24, 2.45) is 0 Å². The first-order valence-corrected chi connectivity index (χ1v) is 24.1. The van der Waals surface area contributed by atoms with Gasteiger partial charge in [-0.3, -0.25) is 0 Å². The zero-order valence-electron chi connectivity index (χ0n) is 38.5. The molecule has 328 valence electrons. The summed E-state index contributed by atoms with van der Waals surface area (Å²) in [4.78, 5) is 2.43. The van der Waals surface area contributed by atoms with Crippen LogP contribution < -0.4 is 4.90 Å². The maximum atomic E-state index is 2.43. The first-order valence-electron chi connectivity index (χ1n) is 24.1. The van der Waals surface area contributed by atoms with Crippen molar-refractivity contribution in [3.63, 3.8) is 0 Å². The zero-order valence-corrected chi connectivity index (χ0v) is 38.5. The van der Waals surface area contributed by atoms with Gasteiger partial charge < -0.3 is 9.47 Å². The fourth-order valence-corrected chi connectivity index (χ4v) is 10.6. The van der Waals surface area contributed by atoms with Gasteiger partial charge in [0.1, 0.15) is 0 Å². The van der Waals surface area contributed by atoms with E-state index in [9.17, 15) is 0 Å². The van der Waals surface area contributed by atoms with Gasteiger partial charge in [-0.1, -0.05) is 212 Å². The number of anilines is 3. The van der Waals surface area contributed by atoms with Gasteiger partial charge >= 0.3 is 0 Å². The normalized spacial score (nSPS) is 11.4. The van der Waals surface area contributed by atoms with Crippen LogP contribution in [-0.4, -0.2) is 4.57 Å². The van der Waals surface area contributed by atoms with Crippen LogP contribution in [0.15, 0.2) is 279 Å². The lowest BCUT2D eigenvalue weighted by atomic mass is 9.91. The Bertz CT molecular complexity index is 3830. The molecule has 1 aromatic heterocycles. The molecule has 0 amide bonds. The van der Waals surface area contributed by atoms with Crippen molar-refractivity contribution in [1.29, 1.82) is 0 Å². The summed E-state index contributed by atoms with van der Waals surface area (Å²) in [7, 11) is 0. The largest absolute Gasteiger partial charge is 0.310 e. The predicted molar refractivity (Wildman–Crippen MR) is 298 cm³/mol. The maximum Gasteiger partial charge on any atom is 0.0541 e. The van der Waals surface area contributed by atoms with E-state index < -0.39 is 0 Å². The molecule has 0 aliphatic rings. The standard InChI is InChI=1S/C68H46N2/c1-3-19-49(20-4-1)64-45-57(39-41-59(64)54-33-31-47-17-7-9-23-52(47)43-54)69(58-40-42-60(65(46-58)50-21-5-2-6-22-50)55-34-32-48-18-8-10-24-53(48)44-55)56-37-35-51(36-38-56)61-25-11-14-28-66(61)70-67-29-15-12-26-62(67)63-27-13-16-30-68(63)70/h1-46H. The average molecular weight is 891 g/mol. The highest BCUT2D eigenvalue weighted by atomic mass is 15.1. The average Bonchev–Trinajstić information content (AvgIpc) is 3.77. The van der Waals surface area contributed by atoms with E-state index in [1.807, 2.05) is 0 Å². The summed E-state index contributed by atoms with van der Waals surface area (Å²) < 4.78 is 2.42. The van der Waals surface area contributed by atoms with E-state index in [-0.39, 0.29) is 0 Å². The van der Waals surface area contributed by atoms with Crippen LogP contribution in [-0.2, 0) is 0 Å². The van der Waals surface area contributed by atoms with Crippen LogP contribution in [0.2, 0.25) is 0 Å². The fraction of sp³-hybridized carbons (Fsp3) is 0. The number of hydrogen-bond acceptors (Lipinski definition) is 1. The molecule has 0 aliphatic carbocycles. The molecule has 0 spiro atoms. The number of nitrogens with zero attached hydrogens (tertiary/aromatic N) is 2. The van der Waals surface area contributed by atoms with Gasteiger partial charge in [-0.2, -0.15) is 0 Å².